The van der Waals surface area contributed by atoms with Crippen molar-refractivity contribution >= 4 is 8.32 Å². The standard InChI is InChI=1S/C15H23NO2Si/c1-8-12-9-10-14(17-5)13(16-12)11-18-19(6,7)15(2,3)4/h1,9-10H,11H2,2-7H3. The van der Waals surface area contributed by atoms with Crippen LogP contribution in [0, 0.1) is 12.3 Å². The Labute approximate surface area is 117 Å². The Morgan fingerprint density at radius 1 is 1.32 bits per heavy atom. The molecule has 0 bridgehead atoms. The zero-order valence-corrected chi connectivity index (χ0v) is 13.7. The predicted molar refractivity (Wildman–Crippen MR) is 80.7 cm³/mol. The van der Waals surface area contributed by atoms with Gasteiger partial charge in [0.1, 0.15) is 17.1 Å². The lowest BCUT2D eigenvalue weighted by molar-refractivity contribution is 0.264. The van der Waals surface area contributed by atoms with Crippen LogP contribution in [0.3, 0.4) is 0 Å². The molecule has 0 saturated heterocycles. The van der Waals surface area contributed by atoms with Crippen LogP contribution in [0.4, 0.5) is 0 Å². The van der Waals surface area contributed by atoms with E-state index in [2.05, 4.69) is 44.8 Å². The van der Waals surface area contributed by atoms with E-state index in [0.29, 0.717) is 12.3 Å². The lowest BCUT2D eigenvalue weighted by Gasteiger charge is -2.36. The fraction of sp³-hybridized carbons (Fsp3) is 0.533. The highest BCUT2D eigenvalue weighted by atomic mass is 28.4. The summed E-state index contributed by atoms with van der Waals surface area (Å²) >= 11 is 0. The van der Waals surface area contributed by atoms with E-state index in [9.17, 15) is 0 Å². The molecule has 0 amide bonds. The summed E-state index contributed by atoms with van der Waals surface area (Å²) in [5, 5.41) is 0.171. The van der Waals surface area contributed by atoms with E-state index < -0.39 is 8.32 Å². The van der Waals surface area contributed by atoms with Crippen molar-refractivity contribution in [3.8, 4) is 18.1 Å². The molecule has 0 atom stereocenters. The maximum atomic E-state index is 6.15. The van der Waals surface area contributed by atoms with E-state index in [1.165, 1.54) is 0 Å². The van der Waals surface area contributed by atoms with E-state index >= 15 is 0 Å². The van der Waals surface area contributed by atoms with Crippen molar-refractivity contribution in [3.05, 3.63) is 23.5 Å². The molecule has 104 valence electrons. The molecule has 0 saturated carbocycles. The number of rotatable bonds is 4. The Bertz CT molecular complexity index is 484. The number of terminal acetylenes is 1. The van der Waals surface area contributed by atoms with Gasteiger partial charge in [0.25, 0.3) is 0 Å². The van der Waals surface area contributed by atoms with Gasteiger partial charge >= 0.3 is 0 Å². The summed E-state index contributed by atoms with van der Waals surface area (Å²) in [5.74, 6) is 3.26. The quantitative estimate of drug-likeness (QED) is 0.622. The number of ether oxygens (including phenoxy) is 1. The number of nitrogens with zero attached hydrogens (tertiary/aromatic N) is 1. The monoisotopic (exact) mass is 277 g/mol. The number of aromatic nitrogens is 1. The summed E-state index contributed by atoms with van der Waals surface area (Å²) in [7, 11) is -0.171. The molecule has 0 radical (unpaired) electrons. The summed E-state index contributed by atoms with van der Waals surface area (Å²) in [6.45, 7) is 11.5. The smallest absolute Gasteiger partial charge is 0.192 e. The van der Waals surface area contributed by atoms with E-state index in [1.54, 1.807) is 13.2 Å². The van der Waals surface area contributed by atoms with Gasteiger partial charge in [-0.25, -0.2) is 4.98 Å². The van der Waals surface area contributed by atoms with Gasteiger partial charge in [0, 0.05) is 0 Å². The van der Waals surface area contributed by atoms with Crippen molar-refractivity contribution in [1.82, 2.24) is 4.98 Å². The summed E-state index contributed by atoms with van der Waals surface area (Å²) in [6.07, 6.45) is 5.38. The van der Waals surface area contributed by atoms with Crippen LogP contribution in [0.25, 0.3) is 0 Å². The highest BCUT2D eigenvalue weighted by molar-refractivity contribution is 6.74. The zero-order valence-electron chi connectivity index (χ0n) is 12.7. The predicted octanol–water partition coefficient (Wildman–Crippen LogP) is 3.59. The average molecular weight is 277 g/mol. The molecule has 0 unspecified atom stereocenters. The van der Waals surface area contributed by atoms with Crippen molar-refractivity contribution in [3.63, 3.8) is 0 Å². The number of hydrogen-bond donors (Lipinski definition) is 0. The highest BCUT2D eigenvalue weighted by Crippen LogP contribution is 2.37. The molecule has 1 rings (SSSR count). The summed E-state index contributed by atoms with van der Waals surface area (Å²) in [6, 6.07) is 3.61. The van der Waals surface area contributed by atoms with Gasteiger partial charge < -0.3 is 9.16 Å². The van der Waals surface area contributed by atoms with Crippen LogP contribution in [0.15, 0.2) is 12.1 Å². The van der Waals surface area contributed by atoms with Gasteiger partial charge in [0.05, 0.1) is 13.7 Å². The van der Waals surface area contributed by atoms with Gasteiger partial charge in [0.15, 0.2) is 8.32 Å². The minimum absolute atomic E-state index is 0.171. The van der Waals surface area contributed by atoms with Gasteiger partial charge in [-0.2, -0.15) is 0 Å². The molecule has 0 aromatic carbocycles. The Morgan fingerprint density at radius 2 is 1.95 bits per heavy atom. The SMILES string of the molecule is C#Cc1ccc(OC)c(CO[Si](C)(C)C(C)(C)C)n1. The molecular formula is C15H23NO2Si. The summed E-state index contributed by atoms with van der Waals surface area (Å²) in [5.41, 5.74) is 1.37. The molecule has 1 aromatic heterocycles. The summed E-state index contributed by atoms with van der Waals surface area (Å²) < 4.78 is 11.4. The molecule has 0 aliphatic rings. The molecule has 0 aliphatic carbocycles. The third-order valence-corrected chi connectivity index (χ3v) is 8.15. The van der Waals surface area contributed by atoms with Crippen LogP contribution in [0.1, 0.15) is 32.2 Å². The van der Waals surface area contributed by atoms with E-state index in [0.717, 1.165) is 11.4 Å². The first-order valence-corrected chi connectivity index (χ1v) is 9.26. The van der Waals surface area contributed by atoms with Crippen LogP contribution in [-0.2, 0) is 11.0 Å². The van der Waals surface area contributed by atoms with E-state index in [1.807, 2.05) is 6.07 Å². The van der Waals surface area contributed by atoms with Crippen LogP contribution < -0.4 is 4.74 Å². The second-order valence-corrected chi connectivity index (χ2v) is 10.8. The Balaban J connectivity index is 2.91. The number of hydrogen-bond acceptors (Lipinski definition) is 3. The van der Waals surface area contributed by atoms with Crippen LogP contribution in [-0.4, -0.2) is 20.4 Å². The number of pyridine rings is 1. The second-order valence-electron chi connectivity index (χ2n) is 6.04. The lowest BCUT2D eigenvalue weighted by Crippen LogP contribution is -2.40. The Kier molecular flexibility index (Phi) is 4.78. The topological polar surface area (TPSA) is 31.4 Å². The third kappa shape index (κ3) is 3.82. The molecule has 0 spiro atoms. The second kappa shape index (κ2) is 5.77. The molecule has 0 fully saturated rings. The van der Waals surface area contributed by atoms with E-state index in [4.69, 9.17) is 15.6 Å². The molecule has 4 heteroatoms. The maximum Gasteiger partial charge on any atom is 0.192 e. The van der Waals surface area contributed by atoms with Crippen molar-refractivity contribution in [2.24, 2.45) is 0 Å². The average Bonchev–Trinajstić information content (AvgIpc) is 2.34. The first-order chi connectivity index (χ1) is 8.71. The highest BCUT2D eigenvalue weighted by Gasteiger charge is 2.37. The fourth-order valence-corrected chi connectivity index (χ4v) is 2.25. The zero-order chi connectivity index (χ0) is 14.7. The normalized spacial score (nSPS) is 12.1. The first kappa shape index (κ1) is 15.7. The van der Waals surface area contributed by atoms with Crippen molar-refractivity contribution in [2.45, 2.75) is 45.5 Å². The Hall–Kier alpha value is -1.31. The maximum absolute atomic E-state index is 6.15. The lowest BCUT2D eigenvalue weighted by atomic mass is 10.2. The van der Waals surface area contributed by atoms with Gasteiger partial charge in [-0.3, -0.25) is 0 Å². The molecule has 0 aliphatic heterocycles. The molecule has 3 nitrogen and oxygen atoms in total. The molecule has 1 heterocycles. The van der Waals surface area contributed by atoms with Gasteiger partial charge in [-0.1, -0.05) is 26.7 Å². The van der Waals surface area contributed by atoms with Crippen molar-refractivity contribution < 1.29 is 9.16 Å². The molecule has 1 aromatic rings. The molecule has 19 heavy (non-hydrogen) atoms. The summed E-state index contributed by atoms with van der Waals surface area (Å²) in [4.78, 5) is 4.38. The first-order valence-electron chi connectivity index (χ1n) is 6.36. The minimum Gasteiger partial charge on any atom is -0.495 e. The van der Waals surface area contributed by atoms with Gasteiger partial charge in [0.2, 0.25) is 0 Å². The van der Waals surface area contributed by atoms with Crippen LogP contribution in [0.5, 0.6) is 5.75 Å². The van der Waals surface area contributed by atoms with Crippen LogP contribution >= 0.6 is 0 Å². The molecule has 0 N–H and O–H groups in total. The van der Waals surface area contributed by atoms with Crippen LogP contribution in [0.2, 0.25) is 18.1 Å². The van der Waals surface area contributed by atoms with Crippen molar-refractivity contribution in [1.29, 1.82) is 0 Å². The minimum atomic E-state index is -1.80. The molecular weight excluding hydrogens is 254 g/mol. The van der Waals surface area contributed by atoms with E-state index in [-0.39, 0.29) is 5.04 Å². The van der Waals surface area contributed by atoms with Crippen molar-refractivity contribution in [2.75, 3.05) is 7.11 Å². The largest absolute Gasteiger partial charge is 0.495 e. The number of methoxy groups -OCH3 is 1. The fourth-order valence-electron chi connectivity index (χ4n) is 1.32. The van der Waals surface area contributed by atoms with Gasteiger partial charge in [-0.15, -0.1) is 6.42 Å². The van der Waals surface area contributed by atoms with Gasteiger partial charge in [-0.05, 0) is 30.3 Å². The third-order valence-electron chi connectivity index (χ3n) is 3.68. The Morgan fingerprint density at radius 3 is 2.42 bits per heavy atom.